The molecular weight excluding hydrogens is 550 g/mol. The zero-order valence-corrected chi connectivity index (χ0v) is 18.6. The average molecular weight is 564 g/mol. The van der Waals surface area contributed by atoms with Crippen molar-refractivity contribution in [3.8, 4) is 0 Å². The summed E-state index contributed by atoms with van der Waals surface area (Å²) in [5, 5.41) is 0. The monoisotopic (exact) mass is 564 g/mol. The number of ether oxygens (including phenoxy) is 2. The minimum Gasteiger partial charge on any atom is -0.462 e. The summed E-state index contributed by atoms with van der Waals surface area (Å²) in [5.41, 5.74) is -11.4. The Morgan fingerprint density at radius 1 is 0.778 bits per heavy atom. The Hall–Kier alpha value is -3.05. The molecule has 18 heteroatoms. The quantitative estimate of drug-likeness (QED) is 0.106. The van der Waals surface area contributed by atoms with E-state index in [2.05, 4.69) is 13.7 Å². The molecule has 1 aromatic rings. The summed E-state index contributed by atoms with van der Waals surface area (Å²) >= 11 is 0. The maximum Gasteiger partial charge on any atom is 0.534 e. The van der Waals surface area contributed by atoms with E-state index in [-0.39, 0.29) is 6.61 Å². The first-order valence-corrected chi connectivity index (χ1v) is 10.6. The van der Waals surface area contributed by atoms with Gasteiger partial charge in [0.1, 0.15) is 0 Å². The highest BCUT2D eigenvalue weighted by molar-refractivity contribution is 7.87. The van der Waals surface area contributed by atoms with Gasteiger partial charge in [0.2, 0.25) is 0 Å². The summed E-state index contributed by atoms with van der Waals surface area (Å²) in [6, 6.07) is 1.82. The van der Waals surface area contributed by atoms with E-state index >= 15 is 0 Å². The van der Waals surface area contributed by atoms with E-state index in [9.17, 15) is 61.9 Å². The number of halogens is 10. The van der Waals surface area contributed by atoms with Crippen LogP contribution in [0, 0.1) is 0 Å². The number of carbonyl (C=O) groups excluding carboxylic acids is 2. The van der Waals surface area contributed by atoms with Crippen molar-refractivity contribution < 1.29 is 75.6 Å². The summed E-state index contributed by atoms with van der Waals surface area (Å²) in [6.07, 6.45) is -7.09. The van der Waals surface area contributed by atoms with Crippen molar-refractivity contribution in [3.63, 3.8) is 0 Å². The number of hydrogen-bond donors (Lipinski definition) is 0. The second-order valence-corrected chi connectivity index (χ2v) is 7.89. The van der Waals surface area contributed by atoms with E-state index in [1.165, 1.54) is 6.92 Å². The zero-order valence-electron chi connectivity index (χ0n) is 17.8. The second kappa shape index (κ2) is 10.5. The topological polar surface area (TPSA) is 96.0 Å². The van der Waals surface area contributed by atoms with Crippen LogP contribution in [0.5, 0.6) is 0 Å². The van der Waals surface area contributed by atoms with Gasteiger partial charge in [0.25, 0.3) is 0 Å². The lowest BCUT2D eigenvalue weighted by Gasteiger charge is -2.30. The smallest absolute Gasteiger partial charge is 0.462 e. The first kappa shape index (κ1) is 31.0. The van der Waals surface area contributed by atoms with Crippen LogP contribution in [0.25, 0.3) is 5.76 Å². The van der Waals surface area contributed by atoms with Crippen LogP contribution < -0.4 is 0 Å². The summed E-state index contributed by atoms with van der Waals surface area (Å²) in [7, 11) is -7.03. The molecule has 204 valence electrons. The Morgan fingerprint density at radius 3 is 1.61 bits per heavy atom. The number of rotatable bonds is 9. The van der Waals surface area contributed by atoms with Gasteiger partial charge in [-0.15, -0.1) is 0 Å². The fourth-order valence-corrected chi connectivity index (χ4v) is 2.76. The lowest BCUT2D eigenvalue weighted by Crippen LogP contribution is -2.54. The number of carbonyl (C=O) groups is 2. The summed E-state index contributed by atoms with van der Waals surface area (Å²) in [6.45, 7) is 1.05. The van der Waals surface area contributed by atoms with Crippen molar-refractivity contribution in [3.05, 3.63) is 41.0 Å². The zero-order chi connectivity index (χ0) is 28.3. The van der Waals surface area contributed by atoms with Crippen molar-refractivity contribution >= 4 is 27.8 Å². The lowest BCUT2D eigenvalue weighted by molar-refractivity contribution is -0.344. The molecule has 0 amide bonds. The van der Waals surface area contributed by atoms with Gasteiger partial charge >= 0.3 is 45.6 Å². The van der Waals surface area contributed by atoms with Crippen LogP contribution in [0.15, 0.2) is 29.8 Å². The van der Waals surface area contributed by atoms with Gasteiger partial charge in [0.15, 0.2) is 11.3 Å². The molecule has 0 saturated carbocycles. The van der Waals surface area contributed by atoms with E-state index in [4.69, 9.17) is 0 Å². The minimum absolute atomic E-state index is 0.190. The third kappa shape index (κ3) is 6.19. The highest BCUT2D eigenvalue weighted by atomic mass is 32.2. The molecule has 0 N–H and O–H groups in total. The molecule has 0 unspecified atom stereocenters. The number of benzene rings is 1. The molecule has 0 spiro atoms. The highest BCUT2D eigenvalue weighted by Crippen LogP contribution is 2.52. The van der Waals surface area contributed by atoms with Crippen LogP contribution in [0.4, 0.5) is 43.9 Å². The van der Waals surface area contributed by atoms with Crippen LogP contribution >= 0.6 is 0 Å². The molecule has 0 aliphatic heterocycles. The van der Waals surface area contributed by atoms with Crippen molar-refractivity contribution in [1.29, 1.82) is 0 Å². The second-order valence-electron chi connectivity index (χ2n) is 6.35. The molecule has 0 atom stereocenters. The predicted molar refractivity (Wildman–Crippen MR) is 98.0 cm³/mol. The van der Waals surface area contributed by atoms with E-state index in [1.807, 2.05) is 0 Å². The first-order chi connectivity index (χ1) is 16.2. The number of esters is 2. The lowest BCUT2D eigenvalue weighted by atomic mass is 9.97. The van der Waals surface area contributed by atoms with Crippen molar-refractivity contribution in [2.45, 2.75) is 37.4 Å². The third-order valence-corrected chi connectivity index (χ3v) is 4.86. The first-order valence-electron chi connectivity index (χ1n) is 9.18. The molecule has 0 aliphatic carbocycles. The van der Waals surface area contributed by atoms with Crippen molar-refractivity contribution in [1.82, 2.24) is 0 Å². The maximum absolute atomic E-state index is 14.6. The minimum atomic E-state index is -7.14. The fraction of sp³-hybridized carbons (Fsp3) is 0.444. The molecule has 0 saturated heterocycles. The van der Waals surface area contributed by atoms with Gasteiger partial charge in [-0.3, -0.25) is 0 Å². The van der Waals surface area contributed by atoms with Gasteiger partial charge in [-0.25, -0.2) is 9.59 Å². The molecule has 1 rings (SSSR count). The molecule has 0 aliphatic rings. The maximum atomic E-state index is 14.6. The van der Waals surface area contributed by atoms with E-state index in [0.29, 0.717) is 24.3 Å². The number of alkyl halides is 10. The van der Waals surface area contributed by atoms with Crippen LogP contribution in [0.1, 0.15) is 29.8 Å². The average Bonchev–Trinajstić information content (AvgIpc) is 2.71. The van der Waals surface area contributed by atoms with Gasteiger partial charge in [-0.2, -0.15) is 52.3 Å². The Morgan fingerprint density at radius 2 is 1.22 bits per heavy atom. The Kier molecular flexibility index (Phi) is 9.05. The van der Waals surface area contributed by atoms with Crippen LogP contribution in [-0.2, 0) is 28.6 Å². The van der Waals surface area contributed by atoms with Crippen molar-refractivity contribution in [2.75, 3.05) is 13.2 Å². The van der Waals surface area contributed by atoms with E-state index in [0.717, 1.165) is 6.92 Å². The summed E-state index contributed by atoms with van der Waals surface area (Å²) in [5.74, 6) is -20.3. The highest BCUT2D eigenvalue weighted by Gasteiger charge is 2.76. The number of hydrogen-bond acceptors (Lipinski definition) is 7. The van der Waals surface area contributed by atoms with Gasteiger partial charge in [0, 0.05) is 5.56 Å². The Labute approximate surface area is 195 Å². The Bertz CT molecular complexity index is 1100. The van der Waals surface area contributed by atoms with Crippen molar-refractivity contribution in [2.24, 2.45) is 0 Å². The molecule has 0 heterocycles. The third-order valence-electron chi connectivity index (χ3n) is 3.91. The molecule has 0 bridgehead atoms. The van der Waals surface area contributed by atoms with Gasteiger partial charge in [-0.1, -0.05) is 12.1 Å². The molecule has 0 fully saturated rings. The molecule has 0 aromatic heterocycles. The molecule has 36 heavy (non-hydrogen) atoms. The van der Waals surface area contributed by atoms with E-state index < -0.39 is 74.7 Å². The standard InChI is InChI=1S/C18H14F10O7S/c1-3-33-13(29)10-7-5-9(6-8-10)12(35-36(31,32)18(26,27)28)11(14(30)34-4-2)15(19,20)16(21,22)17(23,24)25/h5-8H,3-4H2,1-2H3/b12-11+. The predicted octanol–water partition coefficient (Wildman–Crippen LogP) is 4.84. The summed E-state index contributed by atoms with van der Waals surface area (Å²) in [4.78, 5) is 23.8. The van der Waals surface area contributed by atoms with Gasteiger partial charge < -0.3 is 13.7 Å². The van der Waals surface area contributed by atoms with Crippen LogP contribution in [0.2, 0.25) is 0 Å². The SMILES string of the molecule is CCOC(=O)/C(=C(\OS(=O)(=O)C(F)(F)F)c1ccc(C(=O)OCC)cc1)C(F)(F)C(F)(F)C(F)(F)F. The normalized spacial score (nSPS) is 14.1. The molecular formula is C18H14F10O7S. The fourth-order valence-electron chi connectivity index (χ4n) is 2.26. The Balaban J connectivity index is 4.11. The van der Waals surface area contributed by atoms with Crippen LogP contribution in [0.3, 0.4) is 0 Å². The molecule has 1 aromatic carbocycles. The van der Waals surface area contributed by atoms with E-state index in [1.54, 1.807) is 0 Å². The molecule has 0 radical (unpaired) electrons. The summed E-state index contributed by atoms with van der Waals surface area (Å²) < 4.78 is 169. The molecule has 7 nitrogen and oxygen atoms in total. The van der Waals surface area contributed by atoms with Gasteiger partial charge in [-0.05, 0) is 26.0 Å². The largest absolute Gasteiger partial charge is 0.534 e. The van der Waals surface area contributed by atoms with Gasteiger partial charge in [0.05, 0.1) is 18.8 Å². The van der Waals surface area contributed by atoms with Crippen LogP contribution in [-0.4, -0.2) is 57.1 Å².